The van der Waals surface area contributed by atoms with Gasteiger partial charge in [0.15, 0.2) is 5.88 Å². The van der Waals surface area contributed by atoms with Crippen LogP contribution in [0.1, 0.15) is 55.7 Å². The van der Waals surface area contributed by atoms with Crippen LogP contribution in [0.3, 0.4) is 0 Å². The average molecular weight is 408 g/mol. The summed E-state index contributed by atoms with van der Waals surface area (Å²) in [5.41, 5.74) is 2.23. The maximum atomic E-state index is 11.8. The van der Waals surface area contributed by atoms with Gasteiger partial charge in [-0.05, 0) is 24.0 Å². The number of rotatable bonds is 10. The highest BCUT2D eigenvalue weighted by Crippen LogP contribution is 2.30. The number of benzene rings is 1. The van der Waals surface area contributed by atoms with Crippen LogP contribution in [0.5, 0.6) is 11.8 Å². The standard InChI is InChI=1S/C24H28N2O4/c1-2-3-4-5-6-7-11-20-15-23(29)26(24(20)30)17-19-10-8-9-18(14-19)16-25-21(27)12-13-22(25)28/h7-15,29-30H,2-6,16-17H2,1H3/b11-7+. The van der Waals surface area contributed by atoms with Gasteiger partial charge < -0.3 is 10.2 Å². The Morgan fingerprint density at radius 2 is 1.63 bits per heavy atom. The first-order valence-corrected chi connectivity index (χ1v) is 10.4. The maximum Gasteiger partial charge on any atom is 0.253 e. The lowest BCUT2D eigenvalue weighted by atomic mass is 10.1. The predicted molar refractivity (Wildman–Crippen MR) is 116 cm³/mol. The molecule has 6 heteroatoms. The molecule has 1 aromatic heterocycles. The van der Waals surface area contributed by atoms with Gasteiger partial charge in [-0.3, -0.25) is 19.1 Å². The van der Waals surface area contributed by atoms with E-state index in [1.807, 2.05) is 36.4 Å². The smallest absolute Gasteiger partial charge is 0.253 e. The summed E-state index contributed by atoms with van der Waals surface area (Å²) in [6.45, 7) is 2.64. The summed E-state index contributed by atoms with van der Waals surface area (Å²) in [4.78, 5) is 24.7. The fraction of sp³-hybridized carbons (Fsp3) is 0.333. The molecule has 0 spiro atoms. The summed E-state index contributed by atoms with van der Waals surface area (Å²) < 4.78 is 1.43. The summed E-state index contributed by atoms with van der Waals surface area (Å²) in [7, 11) is 0. The number of hydrogen-bond acceptors (Lipinski definition) is 4. The highest BCUT2D eigenvalue weighted by atomic mass is 16.3. The van der Waals surface area contributed by atoms with Crippen molar-refractivity contribution in [2.45, 2.75) is 52.1 Å². The van der Waals surface area contributed by atoms with Crippen LogP contribution in [0.25, 0.3) is 6.08 Å². The molecule has 2 N–H and O–H groups in total. The van der Waals surface area contributed by atoms with Crippen molar-refractivity contribution < 1.29 is 19.8 Å². The Hall–Kier alpha value is -3.28. The van der Waals surface area contributed by atoms with E-state index in [-0.39, 0.29) is 36.7 Å². The van der Waals surface area contributed by atoms with Gasteiger partial charge in [0.2, 0.25) is 5.88 Å². The van der Waals surface area contributed by atoms with Gasteiger partial charge in [0.05, 0.1) is 13.1 Å². The Morgan fingerprint density at radius 1 is 0.933 bits per heavy atom. The van der Waals surface area contributed by atoms with Gasteiger partial charge in [-0.2, -0.15) is 0 Å². The van der Waals surface area contributed by atoms with E-state index in [4.69, 9.17) is 0 Å². The molecule has 2 aromatic rings. The maximum absolute atomic E-state index is 11.8. The van der Waals surface area contributed by atoms with Crippen molar-refractivity contribution in [2.75, 3.05) is 0 Å². The number of hydrogen-bond donors (Lipinski definition) is 2. The first-order chi connectivity index (χ1) is 14.5. The number of amides is 2. The zero-order valence-electron chi connectivity index (χ0n) is 17.3. The minimum Gasteiger partial charge on any atom is -0.494 e. The minimum atomic E-state index is -0.322. The molecule has 2 heterocycles. The molecule has 1 aliphatic rings. The Morgan fingerprint density at radius 3 is 2.33 bits per heavy atom. The first kappa shape index (κ1) is 21.4. The lowest BCUT2D eigenvalue weighted by Crippen LogP contribution is -2.29. The van der Waals surface area contributed by atoms with Crippen molar-refractivity contribution in [2.24, 2.45) is 0 Å². The van der Waals surface area contributed by atoms with Crippen molar-refractivity contribution >= 4 is 17.9 Å². The zero-order valence-corrected chi connectivity index (χ0v) is 17.3. The van der Waals surface area contributed by atoms with E-state index in [0.29, 0.717) is 5.56 Å². The van der Waals surface area contributed by atoms with Crippen LogP contribution in [-0.2, 0) is 22.7 Å². The molecule has 0 radical (unpaired) electrons. The molecule has 0 atom stereocenters. The van der Waals surface area contributed by atoms with E-state index in [1.165, 1.54) is 40.9 Å². The quantitative estimate of drug-likeness (QED) is 0.452. The number of aromatic hydroxyl groups is 2. The molecule has 30 heavy (non-hydrogen) atoms. The van der Waals surface area contributed by atoms with Gasteiger partial charge in [-0.1, -0.05) is 62.6 Å². The molecular formula is C24H28N2O4. The molecule has 2 amide bonds. The fourth-order valence-electron chi connectivity index (χ4n) is 3.50. The van der Waals surface area contributed by atoms with Crippen molar-refractivity contribution in [3.63, 3.8) is 0 Å². The largest absolute Gasteiger partial charge is 0.494 e. The topological polar surface area (TPSA) is 82.8 Å². The van der Waals surface area contributed by atoms with E-state index in [0.717, 1.165) is 24.0 Å². The average Bonchev–Trinajstić information content (AvgIpc) is 3.18. The second-order valence-electron chi connectivity index (χ2n) is 7.54. The molecule has 1 aliphatic heterocycles. The van der Waals surface area contributed by atoms with Crippen molar-refractivity contribution in [3.05, 3.63) is 65.3 Å². The van der Waals surface area contributed by atoms with E-state index in [9.17, 15) is 19.8 Å². The van der Waals surface area contributed by atoms with Crippen LogP contribution in [-0.4, -0.2) is 31.5 Å². The van der Waals surface area contributed by atoms with Crippen LogP contribution >= 0.6 is 0 Å². The number of aromatic nitrogens is 1. The normalized spacial score (nSPS) is 13.8. The molecule has 3 rings (SSSR count). The first-order valence-electron chi connectivity index (χ1n) is 10.4. The molecule has 0 unspecified atom stereocenters. The van der Waals surface area contributed by atoms with Crippen molar-refractivity contribution in [1.82, 2.24) is 9.47 Å². The lowest BCUT2D eigenvalue weighted by molar-refractivity contribution is -0.137. The Labute approximate surface area is 176 Å². The van der Waals surface area contributed by atoms with Crippen LogP contribution in [0.2, 0.25) is 0 Å². The molecule has 0 aliphatic carbocycles. The summed E-state index contributed by atoms with van der Waals surface area (Å²) in [5, 5.41) is 20.8. The number of allylic oxidation sites excluding steroid dienone is 1. The predicted octanol–water partition coefficient (Wildman–Crippen LogP) is 4.36. The van der Waals surface area contributed by atoms with Crippen LogP contribution in [0.4, 0.5) is 0 Å². The van der Waals surface area contributed by atoms with E-state index >= 15 is 0 Å². The second kappa shape index (κ2) is 9.96. The van der Waals surface area contributed by atoms with Gasteiger partial charge in [0, 0.05) is 23.8 Å². The van der Waals surface area contributed by atoms with Gasteiger partial charge in [-0.25, -0.2) is 0 Å². The van der Waals surface area contributed by atoms with E-state index in [2.05, 4.69) is 6.92 Å². The van der Waals surface area contributed by atoms with Crippen molar-refractivity contribution in [3.8, 4) is 11.8 Å². The summed E-state index contributed by atoms with van der Waals surface area (Å²) in [5.74, 6) is -0.649. The number of unbranched alkanes of at least 4 members (excludes halogenated alkanes) is 4. The second-order valence-corrected chi connectivity index (χ2v) is 7.54. The summed E-state index contributed by atoms with van der Waals surface area (Å²) >= 11 is 0. The highest BCUT2D eigenvalue weighted by Gasteiger charge is 2.23. The number of nitrogens with zero attached hydrogens (tertiary/aromatic N) is 2. The summed E-state index contributed by atoms with van der Waals surface area (Å²) in [6, 6.07) is 8.95. The molecule has 1 aromatic carbocycles. The molecule has 0 bridgehead atoms. The third-order valence-corrected chi connectivity index (χ3v) is 5.17. The molecule has 0 fully saturated rings. The van der Waals surface area contributed by atoms with E-state index in [1.54, 1.807) is 6.07 Å². The molecule has 158 valence electrons. The number of carbonyl (C=O) groups is 2. The lowest BCUT2D eigenvalue weighted by Gasteiger charge is -2.15. The van der Waals surface area contributed by atoms with Gasteiger partial charge in [0.25, 0.3) is 11.8 Å². The number of imide groups is 1. The molecule has 0 saturated carbocycles. The van der Waals surface area contributed by atoms with Crippen LogP contribution in [0.15, 0.2) is 48.6 Å². The highest BCUT2D eigenvalue weighted by molar-refractivity contribution is 6.12. The Bertz CT molecular complexity index is 954. The third-order valence-electron chi connectivity index (χ3n) is 5.17. The Balaban J connectivity index is 1.66. The number of carbonyl (C=O) groups excluding carboxylic acids is 2. The SMILES string of the molecule is CCCCCC/C=C/c1cc(O)n(Cc2cccc(CN3C(=O)C=CC3=O)c2)c1O. The van der Waals surface area contributed by atoms with Crippen LogP contribution < -0.4 is 0 Å². The van der Waals surface area contributed by atoms with Gasteiger partial charge in [0.1, 0.15) is 0 Å². The Kier molecular flexibility index (Phi) is 7.12. The van der Waals surface area contributed by atoms with E-state index < -0.39 is 0 Å². The molecular weight excluding hydrogens is 380 g/mol. The molecule has 0 saturated heterocycles. The fourth-order valence-corrected chi connectivity index (χ4v) is 3.50. The van der Waals surface area contributed by atoms with Gasteiger partial charge >= 0.3 is 0 Å². The molecule has 6 nitrogen and oxygen atoms in total. The summed E-state index contributed by atoms with van der Waals surface area (Å²) in [6.07, 6.45) is 12.1. The third kappa shape index (κ3) is 5.20. The monoisotopic (exact) mass is 408 g/mol. The van der Waals surface area contributed by atoms with Gasteiger partial charge in [-0.15, -0.1) is 0 Å². The zero-order chi connectivity index (χ0) is 21.5. The minimum absolute atomic E-state index is 0.0109. The van der Waals surface area contributed by atoms with Crippen LogP contribution in [0, 0.1) is 0 Å². The van der Waals surface area contributed by atoms with Crippen molar-refractivity contribution in [1.29, 1.82) is 0 Å².